The first-order valence-corrected chi connectivity index (χ1v) is 8.43. The van der Waals surface area contributed by atoms with Crippen LogP contribution in [0.2, 0.25) is 0 Å². The monoisotopic (exact) mass is 324 g/mol. The normalized spacial score (nSPS) is 15.2. The maximum Gasteiger partial charge on any atom is 0.241 e. The summed E-state index contributed by atoms with van der Waals surface area (Å²) in [4.78, 5) is 17.0. The molecule has 0 atom stereocenters. The molecule has 4 nitrogen and oxygen atoms in total. The van der Waals surface area contributed by atoms with Gasteiger partial charge in [-0.15, -0.1) is 0 Å². The smallest absolute Gasteiger partial charge is 0.241 e. The number of carbonyl (C=O) groups is 1. The molecule has 0 saturated carbocycles. The van der Waals surface area contributed by atoms with Crippen molar-refractivity contribution in [2.45, 2.75) is 13.5 Å². The standard InChI is InChI=1S/C20H24N2O2/c1-17-6-5-9-19(14-17)22(15-18-7-3-2-4-8-18)20(23)16-21-10-12-24-13-11-21/h2-9,14H,10-13,15-16H2,1H3. The van der Waals surface area contributed by atoms with E-state index in [0.717, 1.165) is 29.9 Å². The predicted octanol–water partition coefficient (Wildman–Crippen LogP) is 2.86. The van der Waals surface area contributed by atoms with Crippen molar-refractivity contribution in [1.82, 2.24) is 4.90 Å². The molecule has 1 heterocycles. The first kappa shape index (κ1) is 16.7. The SMILES string of the molecule is Cc1cccc(N(Cc2ccccc2)C(=O)CN2CCOCC2)c1. The van der Waals surface area contributed by atoms with Crippen molar-refractivity contribution in [3.8, 4) is 0 Å². The summed E-state index contributed by atoms with van der Waals surface area (Å²) < 4.78 is 5.37. The molecule has 2 aromatic rings. The van der Waals surface area contributed by atoms with E-state index in [1.807, 2.05) is 35.2 Å². The molecular weight excluding hydrogens is 300 g/mol. The second-order valence-electron chi connectivity index (χ2n) is 6.19. The Kier molecular flexibility index (Phi) is 5.62. The molecule has 0 aliphatic carbocycles. The number of hydrogen-bond acceptors (Lipinski definition) is 3. The van der Waals surface area contributed by atoms with Crippen molar-refractivity contribution < 1.29 is 9.53 Å². The van der Waals surface area contributed by atoms with E-state index in [-0.39, 0.29) is 5.91 Å². The summed E-state index contributed by atoms with van der Waals surface area (Å²) in [5, 5.41) is 0. The van der Waals surface area contributed by atoms with Crippen molar-refractivity contribution in [2.24, 2.45) is 0 Å². The van der Waals surface area contributed by atoms with E-state index in [9.17, 15) is 4.79 Å². The summed E-state index contributed by atoms with van der Waals surface area (Å²) in [7, 11) is 0. The van der Waals surface area contributed by atoms with Crippen LogP contribution >= 0.6 is 0 Å². The molecule has 3 rings (SSSR count). The molecule has 1 aliphatic heterocycles. The highest BCUT2D eigenvalue weighted by Gasteiger charge is 2.21. The van der Waals surface area contributed by atoms with Crippen LogP contribution in [0.3, 0.4) is 0 Å². The molecule has 2 aromatic carbocycles. The van der Waals surface area contributed by atoms with E-state index in [0.29, 0.717) is 26.3 Å². The Bertz CT molecular complexity index is 666. The second kappa shape index (κ2) is 8.08. The maximum absolute atomic E-state index is 13.0. The first-order chi connectivity index (χ1) is 11.7. The van der Waals surface area contributed by atoms with Gasteiger partial charge in [-0.3, -0.25) is 9.69 Å². The van der Waals surface area contributed by atoms with Crippen LogP contribution in [0, 0.1) is 6.92 Å². The van der Waals surface area contributed by atoms with Gasteiger partial charge in [0.1, 0.15) is 0 Å². The van der Waals surface area contributed by atoms with E-state index in [1.54, 1.807) is 0 Å². The number of rotatable bonds is 5. The van der Waals surface area contributed by atoms with Crippen molar-refractivity contribution in [3.63, 3.8) is 0 Å². The van der Waals surface area contributed by atoms with Gasteiger partial charge in [0, 0.05) is 18.8 Å². The average molecular weight is 324 g/mol. The van der Waals surface area contributed by atoms with Gasteiger partial charge in [0.15, 0.2) is 0 Å². The third-order valence-corrected chi connectivity index (χ3v) is 4.26. The van der Waals surface area contributed by atoms with Crippen molar-refractivity contribution >= 4 is 11.6 Å². The first-order valence-electron chi connectivity index (χ1n) is 8.43. The maximum atomic E-state index is 13.0. The molecule has 0 unspecified atom stereocenters. The molecule has 0 bridgehead atoms. The minimum atomic E-state index is 0.131. The molecule has 4 heteroatoms. The van der Waals surface area contributed by atoms with E-state index < -0.39 is 0 Å². The van der Waals surface area contributed by atoms with Gasteiger partial charge in [0.05, 0.1) is 26.3 Å². The highest BCUT2D eigenvalue weighted by atomic mass is 16.5. The van der Waals surface area contributed by atoms with Gasteiger partial charge in [0.2, 0.25) is 5.91 Å². The Morgan fingerprint density at radius 3 is 2.54 bits per heavy atom. The lowest BCUT2D eigenvalue weighted by atomic mass is 10.1. The van der Waals surface area contributed by atoms with Crippen molar-refractivity contribution in [2.75, 3.05) is 37.7 Å². The summed E-state index contributed by atoms with van der Waals surface area (Å²) in [6.07, 6.45) is 0. The third-order valence-electron chi connectivity index (χ3n) is 4.26. The molecule has 126 valence electrons. The number of benzene rings is 2. The summed E-state index contributed by atoms with van der Waals surface area (Å²) >= 11 is 0. The number of hydrogen-bond donors (Lipinski definition) is 0. The van der Waals surface area contributed by atoms with Crippen LogP contribution in [-0.4, -0.2) is 43.7 Å². The molecule has 1 saturated heterocycles. The fourth-order valence-electron chi connectivity index (χ4n) is 2.92. The van der Waals surface area contributed by atoms with Gasteiger partial charge >= 0.3 is 0 Å². The average Bonchev–Trinajstić information content (AvgIpc) is 2.61. The van der Waals surface area contributed by atoms with Crippen molar-refractivity contribution in [3.05, 3.63) is 65.7 Å². The number of anilines is 1. The summed E-state index contributed by atoms with van der Waals surface area (Å²) in [5.74, 6) is 0.131. The number of aryl methyl sites for hydroxylation is 1. The molecule has 0 N–H and O–H groups in total. The zero-order valence-corrected chi connectivity index (χ0v) is 14.1. The molecule has 0 aromatic heterocycles. The van der Waals surface area contributed by atoms with Gasteiger partial charge in [-0.05, 0) is 30.2 Å². The number of morpholine rings is 1. The van der Waals surface area contributed by atoms with E-state index >= 15 is 0 Å². The topological polar surface area (TPSA) is 32.8 Å². The molecule has 0 radical (unpaired) electrons. The highest BCUT2D eigenvalue weighted by Crippen LogP contribution is 2.19. The zero-order chi connectivity index (χ0) is 16.8. The third kappa shape index (κ3) is 4.43. The van der Waals surface area contributed by atoms with E-state index in [2.05, 4.69) is 36.1 Å². The fourth-order valence-corrected chi connectivity index (χ4v) is 2.92. The van der Waals surface area contributed by atoms with E-state index in [4.69, 9.17) is 4.74 Å². The largest absolute Gasteiger partial charge is 0.379 e. The summed E-state index contributed by atoms with van der Waals surface area (Å²) in [6.45, 7) is 6.12. The van der Waals surface area contributed by atoms with E-state index in [1.165, 1.54) is 0 Å². The minimum Gasteiger partial charge on any atom is -0.379 e. The quantitative estimate of drug-likeness (QED) is 0.848. The fraction of sp³-hybridized carbons (Fsp3) is 0.350. The van der Waals surface area contributed by atoms with Gasteiger partial charge < -0.3 is 9.64 Å². The zero-order valence-electron chi connectivity index (χ0n) is 14.1. The number of ether oxygens (including phenoxy) is 1. The minimum absolute atomic E-state index is 0.131. The van der Waals surface area contributed by atoms with Crippen LogP contribution in [0.1, 0.15) is 11.1 Å². The van der Waals surface area contributed by atoms with Gasteiger partial charge in [-0.25, -0.2) is 0 Å². The summed E-state index contributed by atoms with van der Waals surface area (Å²) in [6, 6.07) is 18.3. The molecule has 0 spiro atoms. The number of nitrogens with zero attached hydrogens (tertiary/aromatic N) is 2. The molecular formula is C20H24N2O2. The van der Waals surface area contributed by atoms with Crippen molar-refractivity contribution in [1.29, 1.82) is 0 Å². The van der Waals surface area contributed by atoms with Crippen LogP contribution in [0.15, 0.2) is 54.6 Å². The summed E-state index contributed by atoms with van der Waals surface area (Å²) in [5.41, 5.74) is 3.25. The van der Waals surface area contributed by atoms with Crippen LogP contribution < -0.4 is 4.90 Å². The Morgan fingerprint density at radius 1 is 1.08 bits per heavy atom. The Balaban J connectivity index is 1.79. The Hall–Kier alpha value is -2.17. The van der Waals surface area contributed by atoms with Gasteiger partial charge in [-0.2, -0.15) is 0 Å². The van der Waals surface area contributed by atoms with Crippen LogP contribution in [0.4, 0.5) is 5.69 Å². The molecule has 1 fully saturated rings. The lowest BCUT2D eigenvalue weighted by Crippen LogP contribution is -2.44. The molecule has 1 aliphatic rings. The second-order valence-corrected chi connectivity index (χ2v) is 6.19. The molecule has 24 heavy (non-hydrogen) atoms. The van der Waals surface area contributed by atoms with Gasteiger partial charge in [-0.1, -0.05) is 42.5 Å². The predicted molar refractivity (Wildman–Crippen MR) is 96.1 cm³/mol. The molecule has 1 amide bonds. The lowest BCUT2D eigenvalue weighted by Gasteiger charge is -2.30. The van der Waals surface area contributed by atoms with Crippen LogP contribution in [-0.2, 0) is 16.1 Å². The number of carbonyl (C=O) groups excluding carboxylic acids is 1. The Morgan fingerprint density at radius 2 is 1.83 bits per heavy atom. The van der Waals surface area contributed by atoms with Crippen LogP contribution in [0.5, 0.6) is 0 Å². The lowest BCUT2D eigenvalue weighted by molar-refractivity contribution is -0.120. The number of amides is 1. The van der Waals surface area contributed by atoms with Crippen LogP contribution in [0.25, 0.3) is 0 Å². The highest BCUT2D eigenvalue weighted by molar-refractivity contribution is 5.94. The van der Waals surface area contributed by atoms with Gasteiger partial charge in [0.25, 0.3) is 0 Å². The Labute approximate surface area is 143 Å².